The van der Waals surface area contributed by atoms with Crippen LogP contribution in [0.5, 0.6) is 17.2 Å². The van der Waals surface area contributed by atoms with Gasteiger partial charge < -0.3 is 24.4 Å². The zero-order chi connectivity index (χ0) is 21.6. The van der Waals surface area contributed by atoms with Crippen molar-refractivity contribution in [3.8, 4) is 17.2 Å². The molecule has 0 spiro atoms. The highest BCUT2D eigenvalue weighted by molar-refractivity contribution is 5.95. The van der Waals surface area contributed by atoms with Crippen LogP contribution in [0.15, 0.2) is 36.4 Å². The molecule has 2 aromatic carbocycles. The fraction of sp³-hybridized carbons (Fsp3) is 0.350. The van der Waals surface area contributed by atoms with Crippen LogP contribution < -0.4 is 24.4 Å². The summed E-state index contributed by atoms with van der Waals surface area (Å²) in [4.78, 5) is 24.1. The second-order valence-corrected chi connectivity index (χ2v) is 6.55. The molecule has 9 heteroatoms. The summed E-state index contributed by atoms with van der Waals surface area (Å²) in [6, 6.07) is 9.15. The molecule has 0 aromatic heterocycles. The number of amides is 1. The molecule has 0 aliphatic carbocycles. The number of carbonyl (C=O) groups excluding carboxylic acids is 1. The predicted octanol–water partition coefficient (Wildman–Crippen LogP) is 1.66. The van der Waals surface area contributed by atoms with Gasteiger partial charge in [0.2, 0.25) is 0 Å². The van der Waals surface area contributed by atoms with Crippen LogP contribution in [-0.2, 0) is 11.3 Å². The monoisotopic (exact) mass is 404 g/mol. The van der Waals surface area contributed by atoms with Gasteiger partial charge in [-0.3, -0.25) is 14.9 Å². The van der Waals surface area contributed by atoms with Crippen molar-refractivity contribution in [1.29, 1.82) is 0 Å². The fourth-order valence-electron chi connectivity index (χ4n) is 2.82. The lowest BCUT2D eigenvalue weighted by atomic mass is 10.1. The van der Waals surface area contributed by atoms with Crippen LogP contribution in [0.4, 0.5) is 11.4 Å². The molecule has 0 aliphatic heterocycles. The Morgan fingerprint density at radius 3 is 2.38 bits per heavy atom. The Balaban J connectivity index is 2.14. The number of carbonyl (C=O) groups is 1. The third kappa shape index (κ3) is 5.35. The number of nitro benzene ring substituents is 1. The first-order chi connectivity index (χ1) is 13.8. The van der Waals surface area contributed by atoms with Crippen LogP contribution in [0.2, 0.25) is 0 Å². The number of benzene rings is 2. The van der Waals surface area contributed by atoms with Crippen LogP contribution in [-0.4, -0.2) is 45.2 Å². The quantitative estimate of drug-likeness (QED) is 0.487. The number of quaternary nitrogens is 1. The van der Waals surface area contributed by atoms with Crippen LogP contribution in [0.3, 0.4) is 0 Å². The van der Waals surface area contributed by atoms with Gasteiger partial charge in [0.25, 0.3) is 11.6 Å². The summed E-state index contributed by atoms with van der Waals surface area (Å²) in [6.45, 7) is 2.32. The molecule has 0 heterocycles. The Labute approximate surface area is 169 Å². The van der Waals surface area contributed by atoms with Gasteiger partial charge in [0.1, 0.15) is 23.8 Å². The first kappa shape index (κ1) is 22.0. The summed E-state index contributed by atoms with van der Waals surface area (Å²) >= 11 is 0. The molecule has 29 heavy (non-hydrogen) atoms. The molecule has 0 saturated heterocycles. The topological polar surface area (TPSA) is 104 Å². The standard InChI is InChI=1S/C20H25N3O6/c1-13(22(2)12-14-6-8-16(27-3)11-19(14)29-5)20(24)21-17-10-15(23(25)26)7-9-18(17)28-4/h6-11,13H,12H2,1-5H3,(H,21,24)/p+1/t13-/m0/s1. The normalized spacial score (nSPS) is 12.6. The average Bonchev–Trinajstić information content (AvgIpc) is 2.73. The van der Waals surface area contributed by atoms with Crippen molar-refractivity contribution in [2.75, 3.05) is 33.7 Å². The Kier molecular flexibility index (Phi) is 7.38. The maximum Gasteiger partial charge on any atom is 0.282 e. The summed E-state index contributed by atoms with van der Waals surface area (Å²) in [5, 5.41) is 13.7. The number of hydrogen-bond donors (Lipinski definition) is 2. The molecular weight excluding hydrogens is 378 g/mol. The van der Waals surface area contributed by atoms with E-state index < -0.39 is 11.0 Å². The van der Waals surface area contributed by atoms with E-state index in [1.54, 1.807) is 27.2 Å². The van der Waals surface area contributed by atoms with Gasteiger partial charge in [-0.05, 0) is 25.1 Å². The van der Waals surface area contributed by atoms with E-state index >= 15 is 0 Å². The van der Waals surface area contributed by atoms with Crippen molar-refractivity contribution in [2.24, 2.45) is 0 Å². The third-order valence-electron chi connectivity index (χ3n) is 4.75. The molecule has 0 saturated carbocycles. The molecule has 0 fully saturated rings. The SMILES string of the molecule is COc1ccc(C[NH+](C)[C@@H](C)C(=O)Nc2cc([N+](=O)[O-])ccc2OC)c(OC)c1. The second kappa shape index (κ2) is 9.74. The minimum absolute atomic E-state index is 0.127. The van der Waals surface area contributed by atoms with Crippen LogP contribution in [0, 0.1) is 10.1 Å². The van der Waals surface area contributed by atoms with Crippen molar-refractivity contribution in [3.63, 3.8) is 0 Å². The van der Waals surface area contributed by atoms with E-state index in [9.17, 15) is 14.9 Å². The van der Waals surface area contributed by atoms with E-state index in [-0.39, 0.29) is 17.3 Å². The van der Waals surface area contributed by atoms with E-state index in [0.29, 0.717) is 23.8 Å². The van der Waals surface area contributed by atoms with E-state index in [1.807, 2.05) is 19.2 Å². The smallest absolute Gasteiger partial charge is 0.282 e. The minimum atomic E-state index is -0.522. The summed E-state index contributed by atoms with van der Waals surface area (Å²) in [6.07, 6.45) is 0. The number of hydrogen-bond acceptors (Lipinski definition) is 6. The van der Waals surface area contributed by atoms with Crippen molar-refractivity contribution in [2.45, 2.75) is 19.5 Å². The number of methoxy groups -OCH3 is 3. The molecular formula is C20H26N3O6+. The molecule has 1 amide bonds. The first-order valence-corrected chi connectivity index (χ1v) is 8.97. The zero-order valence-electron chi connectivity index (χ0n) is 17.1. The molecule has 0 bridgehead atoms. The van der Waals surface area contributed by atoms with Crippen molar-refractivity contribution >= 4 is 17.3 Å². The summed E-state index contributed by atoms with van der Waals surface area (Å²) < 4.78 is 15.8. The number of rotatable bonds is 9. The largest absolute Gasteiger partial charge is 0.497 e. The Bertz CT molecular complexity index is 887. The van der Waals surface area contributed by atoms with E-state index in [2.05, 4.69) is 5.32 Å². The highest BCUT2D eigenvalue weighted by Crippen LogP contribution is 2.29. The van der Waals surface area contributed by atoms with Gasteiger partial charge in [0.15, 0.2) is 6.04 Å². The summed E-state index contributed by atoms with van der Waals surface area (Å²) in [5.41, 5.74) is 1.06. The molecule has 2 N–H and O–H groups in total. The third-order valence-corrected chi connectivity index (χ3v) is 4.75. The number of nitro groups is 1. The van der Waals surface area contributed by atoms with Gasteiger partial charge in [-0.2, -0.15) is 0 Å². The van der Waals surface area contributed by atoms with Crippen molar-refractivity contribution in [3.05, 3.63) is 52.1 Å². The molecule has 2 rings (SSSR count). The lowest BCUT2D eigenvalue weighted by Gasteiger charge is -2.22. The lowest BCUT2D eigenvalue weighted by Crippen LogP contribution is -3.12. The molecule has 2 atom stereocenters. The molecule has 9 nitrogen and oxygen atoms in total. The number of nitrogens with one attached hydrogen (secondary N) is 2. The molecule has 2 aromatic rings. The van der Waals surface area contributed by atoms with E-state index in [4.69, 9.17) is 14.2 Å². The van der Waals surface area contributed by atoms with Gasteiger partial charge >= 0.3 is 0 Å². The Morgan fingerprint density at radius 2 is 1.79 bits per heavy atom. The summed E-state index contributed by atoms with van der Waals surface area (Å²) in [7, 11) is 6.49. The molecule has 0 radical (unpaired) electrons. The van der Waals surface area contributed by atoms with Gasteiger partial charge in [0.05, 0.1) is 39.0 Å². The Morgan fingerprint density at radius 1 is 1.10 bits per heavy atom. The van der Waals surface area contributed by atoms with E-state index in [1.165, 1.54) is 25.3 Å². The number of ether oxygens (including phenoxy) is 3. The van der Waals surface area contributed by atoms with Crippen LogP contribution in [0.25, 0.3) is 0 Å². The first-order valence-electron chi connectivity index (χ1n) is 8.97. The molecule has 1 unspecified atom stereocenters. The minimum Gasteiger partial charge on any atom is -0.497 e. The maximum absolute atomic E-state index is 12.7. The van der Waals surface area contributed by atoms with Gasteiger partial charge in [0, 0.05) is 23.8 Å². The average molecular weight is 404 g/mol. The van der Waals surface area contributed by atoms with Gasteiger partial charge in [-0.25, -0.2) is 0 Å². The second-order valence-electron chi connectivity index (χ2n) is 6.55. The number of anilines is 1. The highest BCUT2D eigenvalue weighted by Gasteiger charge is 2.25. The van der Waals surface area contributed by atoms with Crippen LogP contribution in [0.1, 0.15) is 12.5 Å². The van der Waals surface area contributed by atoms with Gasteiger partial charge in [-0.1, -0.05) is 0 Å². The Hall–Kier alpha value is -3.33. The lowest BCUT2D eigenvalue weighted by molar-refractivity contribution is -0.907. The number of non-ortho nitro benzene ring substituents is 1. The van der Waals surface area contributed by atoms with Crippen LogP contribution >= 0.6 is 0 Å². The van der Waals surface area contributed by atoms with E-state index in [0.717, 1.165) is 10.5 Å². The van der Waals surface area contributed by atoms with Crippen molar-refractivity contribution < 1.29 is 28.8 Å². The maximum atomic E-state index is 12.7. The van der Waals surface area contributed by atoms with Gasteiger partial charge in [-0.15, -0.1) is 0 Å². The zero-order valence-corrected chi connectivity index (χ0v) is 17.1. The number of likely N-dealkylation sites (N-methyl/N-ethyl adjacent to an activating group) is 1. The van der Waals surface area contributed by atoms with Crippen molar-refractivity contribution in [1.82, 2.24) is 0 Å². The molecule has 0 aliphatic rings. The fourth-order valence-corrected chi connectivity index (χ4v) is 2.82. The summed E-state index contributed by atoms with van der Waals surface area (Å²) in [5.74, 6) is 1.43. The molecule has 156 valence electrons. The number of nitrogens with zero attached hydrogens (tertiary/aromatic N) is 1. The highest BCUT2D eigenvalue weighted by atomic mass is 16.6. The predicted molar refractivity (Wildman–Crippen MR) is 108 cm³/mol.